The first-order valence-electron chi connectivity index (χ1n) is 8.06. The summed E-state index contributed by atoms with van der Waals surface area (Å²) >= 11 is 0. The number of aromatic amines is 1. The molecule has 1 aromatic rings. The second-order valence-electron chi connectivity index (χ2n) is 6.04. The fourth-order valence-corrected chi connectivity index (χ4v) is 2.81. The minimum Gasteiger partial charge on any atom is -0.465 e. The largest absolute Gasteiger partial charge is 0.465 e. The summed E-state index contributed by atoms with van der Waals surface area (Å²) in [4.78, 5) is 50.5. The van der Waals surface area contributed by atoms with Crippen molar-refractivity contribution in [2.75, 3.05) is 13.2 Å². The van der Waals surface area contributed by atoms with Crippen molar-refractivity contribution >= 4 is 11.9 Å². The number of ether oxygens (including phenoxy) is 3. The van der Waals surface area contributed by atoms with Gasteiger partial charge in [0.15, 0.2) is 6.10 Å². The molecule has 1 unspecified atom stereocenters. The predicted molar refractivity (Wildman–Crippen MR) is 86.0 cm³/mol. The lowest BCUT2D eigenvalue weighted by atomic mass is 9.82. The van der Waals surface area contributed by atoms with Crippen molar-refractivity contribution in [2.45, 2.75) is 46.4 Å². The highest BCUT2D eigenvalue weighted by Gasteiger charge is 2.56. The van der Waals surface area contributed by atoms with Crippen LogP contribution in [0.2, 0.25) is 0 Å². The molecule has 0 saturated carbocycles. The van der Waals surface area contributed by atoms with Gasteiger partial charge in [0, 0.05) is 18.2 Å². The first kappa shape index (κ1) is 18.9. The van der Waals surface area contributed by atoms with E-state index < -0.39 is 40.9 Å². The molecular weight excluding hydrogens is 332 g/mol. The van der Waals surface area contributed by atoms with E-state index in [9.17, 15) is 19.2 Å². The second-order valence-corrected chi connectivity index (χ2v) is 6.04. The van der Waals surface area contributed by atoms with E-state index in [0.717, 1.165) is 4.57 Å². The summed E-state index contributed by atoms with van der Waals surface area (Å²) in [5.74, 6) is -1.31. The van der Waals surface area contributed by atoms with Crippen LogP contribution in [-0.4, -0.2) is 40.8 Å². The monoisotopic (exact) mass is 354 g/mol. The minimum atomic E-state index is -1.31. The Morgan fingerprint density at radius 2 is 1.96 bits per heavy atom. The van der Waals surface area contributed by atoms with Gasteiger partial charge in [-0.15, -0.1) is 0 Å². The van der Waals surface area contributed by atoms with E-state index in [2.05, 4.69) is 4.98 Å². The number of aromatic nitrogens is 2. The molecule has 0 aliphatic carbocycles. The van der Waals surface area contributed by atoms with E-state index in [-0.39, 0.29) is 19.6 Å². The summed E-state index contributed by atoms with van der Waals surface area (Å²) in [5, 5.41) is 0. The van der Waals surface area contributed by atoms with Crippen LogP contribution in [0.15, 0.2) is 15.8 Å². The summed E-state index contributed by atoms with van der Waals surface area (Å²) in [6.45, 7) is 6.64. The van der Waals surface area contributed by atoms with Gasteiger partial charge >= 0.3 is 17.6 Å². The molecule has 0 spiro atoms. The number of rotatable bonds is 5. The van der Waals surface area contributed by atoms with Crippen molar-refractivity contribution in [2.24, 2.45) is 5.41 Å². The van der Waals surface area contributed by atoms with Crippen molar-refractivity contribution in [3.8, 4) is 0 Å². The highest BCUT2D eigenvalue weighted by Crippen LogP contribution is 2.44. The molecule has 0 bridgehead atoms. The Bertz CT molecular complexity index is 781. The van der Waals surface area contributed by atoms with Gasteiger partial charge in [-0.3, -0.25) is 19.1 Å². The first-order valence-corrected chi connectivity index (χ1v) is 8.06. The molecule has 9 heteroatoms. The SMILES string of the molecule is CCOC(=O)[C@@H]1O[C@H](n2cc(C)c(=O)[nH]c2=O)CC1(C)C(=O)OCC. The topological polar surface area (TPSA) is 117 Å². The van der Waals surface area contributed by atoms with Gasteiger partial charge in [-0.2, -0.15) is 0 Å². The van der Waals surface area contributed by atoms with Gasteiger partial charge in [0.25, 0.3) is 5.56 Å². The molecule has 0 radical (unpaired) electrons. The van der Waals surface area contributed by atoms with Crippen LogP contribution in [0.25, 0.3) is 0 Å². The number of carbonyl (C=O) groups excluding carboxylic acids is 2. The van der Waals surface area contributed by atoms with Crippen LogP contribution in [0.4, 0.5) is 0 Å². The van der Waals surface area contributed by atoms with Crippen LogP contribution >= 0.6 is 0 Å². The van der Waals surface area contributed by atoms with E-state index in [1.54, 1.807) is 13.8 Å². The first-order chi connectivity index (χ1) is 11.7. The molecule has 138 valence electrons. The Labute approximate surface area is 143 Å². The van der Waals surface area contributed by atoms with Crippen molar-refractivity contribution in [1.82, 2.24) is 9.55 Å². The second kappa shape index (κ2) is 7.22. The molecule has 9 nitrogen and oxygen atoms in total. The zero-order valence-electron chi connectivity index (χ0n) is 14.7. The molecule has 1 saturated heterocycles. The zero-order chi connectivity index (χ0) is 18.8. The summed E-state index contributed by atoms with van der Waals surface area (Å²) in [6.07, 6.45) is -0.756. The molecule has 1 aliphatic rings. The zero-order valence-corrected chi connectivity index (χ0v) is 14.7. The lowest BCUT2D eigenvalue weighted by Gasteiger charge is -2.25. The number of aryl methyl sites for hydroxylation is 1. The maximum Gasteiger partial charge on any atom is 0.336 e. The van der Waals surface area contributed by atoms with Gasteiger partial charge < -0.3 is 14.2 Å². The summed E-state index contributed by atoms with van der Waals surface area (Å²) in [6, 6.07) is 0. The lowest BCUT2D eigenvalue weighted by molar-refractivity contribution is -0.172. The van der Waals surface area contributed by atoms with Gasteiger partial charge in [-0.1, -0.05) is 0 Å². The van der Waals surface area contributed by atoms with E-state index in [4.69, 9.17) is 14.2 Å². The summed E-state index contributed by atoms with van der Waals surface area (Å²) in [5.41, 5.74) is -2.19. The molecule has 2 heterocycles. The quantitative estimate of drug-likeness (QED) is 0.754. The van der Waals surface area contributed by atoms with E-state index >= 15 is 0 Å². The summed E-state index contributed by atoms with van der Waals surface area (Å²) < 4.78 is 16.9. The Balaban J connectivity index is 2.43. The highest BCUT2D eigenvalue weighted by atomic mass is 16.6. The summed E-state index contributed by atoms with van der Waals surface area (Å²) in [7, 11) is 0. The third-order valence-electron chi connectivity index (χ3n) is 4.17. The molecule has 3 atom stereocenters. The Hall–Kier alpha value is -2.42. The van der Waals surface area contributed by atoms with Gasteiger partial charge in [0.2, 0.25) is 0 Å². The molecule has 25 heavy (non-hydrogen) atoms. The molecule has 1 fully saturated rings. The fourth-order valence-electron chi connectivity index (χ4n) is 2.81. The minimum absolute atomic E-state index is 0.0285. The molecule has 2 rings (SSSR count). The number of hydrogen-bond acceptors (Lipinski definition) is 7. The highest BCUT2D eigenvalue weighted by molar-refractivity contribution is 5.87. The average molecular weight is 354 g/mol. The maximum atomic E-state index is 12.4. The van der Waals surface area contributed by atoms with E-state index in [1.807, 2.05) is 0 Å². The average Bonchev–Trinajstić information content (AvgIpc) is 2.90. The Kier molecular flexibility index (Phi) is 5.46. The number of carbonyl (C=O) groups is 2. The fraction of sp³-hybridized carbons (Fsp3) is 0.625. The standard InChI is InChI=1S/C16H22N2O7/c1-5-23-13(20)11-16(4,14(21)24-6-2)7-10(25-11)18-8-9(3)12(19)17-15(18)22/h8,10-11H,5-7H2,1-4H3,(H,17,19,22)/t10-,11-,16?/m0/s1. The van der Waals surface area contributed by atoms with Gasteiger partial charge in [-0.25, -0.2) is 9.59 Å². The Morgan fingerprint density at radius 3 is 2.56 bits per heavy atom. The maximum absolute atomic E-state index is 12.4. The third kappa shape index (κ3) is 3.51. The number of nitrogens with zero attached hydrogens (tertiary/aromatic N) is 1. The predicted octanol–water partition coefficient (Wildman–Crippen LogP) is 0.265. The van der Waals surface area contributed by atoms with Crippen LogP contribution in [-0.2, 0) is 23.8 Å². The van der Waals surface area contributed by atoms with Crippen LogP contribution in [0.3, 0.4) is 0 Å². The molecular formula is C16H22N2O7. The van der Waals surface area contributed by atoms with E-state index in [1.165, 1.54) is 20.0 Å². The Morgan fingerprint density at radius 1 is 1.32 bits per heavy atom. The molecule has 0 amide bonds. The lowest BCUT2D eigenvalue weighted by Crippen LogP contribution is -2.43. The smallest absolute Gasteiger partial charge is 0.336 e. The van der Waals surface area contributed by atoms with Crippen molar-refractivity contribution in [3.63, 3.8) is 0 Å². The van der Waals surface area contributed by atoms with Crippen molar-refractivity contribution in [3.05, 3.63) is 32.6 Å². The van der Waals surface area contributed by atoms with Crippen LogP contribution < -0.4 is 11.2 Å². The van der Waals surface area contributed by atoms with Gasteiger partial charge in [0.05, 0.1) is 13.2 Å². The molecule has 1 aliphatic heterocycles. The molecule has 1 aromatic heterocycles. The van der Waals surface area contributed by atoms with Gasteiger partial charge in [0.1, 0.15) is 11.6 Å². The van der Waals surface area contributed by atoms with Crippen LogP contribution in [0.5, 0.6) is 0 Å². The third-order valence-corrected chi connectivity index (χ3v) is 4.17. The van der Waals surface area contributed by atoms with Crippen LogP contribution in [0.1, 0.15) is 39.0 Å². The number of hydrogen-bond donors (Lipinski definition) is 1. The van der Waals surface area contributed by atoms with E-state index in [0.29, 0.717) is 5.56 Å². The number of nitrogens with one attached hydrogen (secondary N) is 1. The van der Waals surface area contributed by atoms with Gasteiger partial charge in [-0.05, 0) is 27.7 Å². The van der Waals surface area contributed by atoms with Crippen molar-refractivity contribution in [1.29, 1.82) is 0 Å². The van der Waals surface area contributed by atoms with Crippen LogP contribution in [0, 0.1) is 12.3 Å². The molecule has 0 aromatic carbocycles. The number of esters is 2. The normalized spacial score (nSPS) is 25.6. The van der Waals surface area contributed by atoms with Crippen molar-refractivity contribution < 1.29 is 23.8 Å². The number of H-pyrrole nitrogens is 1. The molecule has 1 N–H and O–H groups in total.